The monoisotopic (exact) mass is 548 g/mol. The van der Waals surface area contributed by atoms with E-state index in [1.807, 2.05) is 6.92 Å². The van der Waals surface area contributed by atoms with Crippen molar-refractivity contribution in [2.24, 2.45) is 4.99 Å². The highest BCUT2D eigenvalue weighted by molar-refractivity contribution is 14.0. The van der Waals surface area contributed by atoms with Crippen LogP contribution in [-0.4, -0.2) is 75.6 Å². The maximum atomic E-state index is 5.68. The SMILES string of the molecule is CCNC(=NCc1cccc(COCCOCC)c1)NCC(C)(C)N1CCOCC1.I. The van der Waals surface area contributed by atoms with Gasteiger partial charge < -0.3 is 24.8 Å². The van der Waals surface area contributed by atoms with Gasteiger partial charge in [0.1, 0.15) is 0 Å². The van der Waals surface area contributed by atoms with E-state index in [9.17, 15) is 0 Å². The third-order valence-corrected chi connectivity index (χ3v) is 5.16. The summed E-state index contributed by atoms with van der Waals surface area (Å²) in [7, 11) is 0. The fourth-order valence-electron chi connectivity index (χ4n) is 3.36. The summed E-state index contributed by atoms with van der Waals surface area (Å²) in [5.41, 5.74) is 2.37. The Hall–Kier alpha value is -0.940. The van der Waals surface area contributed by atoms with Gasteiger partial charge in [-0.3, -0.25) is 4.90 Å². The number of guanidine groups is 1. The van der Waals surface area contributed by atoms with Crippen LogP contribution in [0.15, 0.2) is 29.3 Å². The standard InChI is InChI=1S/C23H40N4O3.HI/c1-5-24-22(26-19-23(3,4)27-10-12-29-13-11-27)25-17-20-8-7-9-21(16-20)18-30-15-14-28-6-2;/h7-9,16H,5-6,10-15,17-19H2,1-4H3,(H2,24,25,26);1H. The molecule has 0 radical (unpaired) electrons. The lowest BCUT2D eigenvalue weighted by Gasteiger charge is -2.41. The summed E-state index contributed by atoms with van der Waals surface area (Å²) in [6.45, 7) is 17.0. The van der Waals surface area contributed by atoms with E-state index in [1.54, 1.807) is 0 Å². The van der Waals surface area contributed by atoms with Gasteiger partial charge in [-0.25, -0.2) is 4.99 Å². The number of morpholine rings is 1. The molecule has 0 unspecified atom stereocenters. The molecular weight excluding hydrogens is 507 g/mol. The van der Waals surface area contributed by atoms with Gasteiger partial charge >= 0.3 is 0 Å². The Bertz CT molecular complexity index is 637. The second-order valence-electron chi connectivity index (χ2n) is 8.03. The normalized spacial score (nSPS) is 15.4. The highest BCUT2D eigenvalue weighted by atomic mass is 127. The van der Waals surface area contributed by atoms with E-state index >= 15 is 0 Å². The third kappa shape index (κ3) is 11.0. The number of benzene rings is 1. The molecule has 1 fully saturated rings. The zero-order valence-electron chi connectivity index (χ0n) is 19.6. The fourth-order valence-corrected chi connectivity index (χ4v) is 3.36. The van der Waals surface area contributed by atoms with E-state index in [2.05, 4.69) is 60.6 Å². The molecule has 31 heavy (non-hydrogen) atoms. The maximum Gasteiger partial charge on any atom is 0.191 e. The number of nitrogens with one attached hydrogen (secondary N) is 2. The molecule has 0 aliphatic carbocycles. The molecule has 1 aliphatic heterocycles. The fraction of sp³-hybridized carbons (Fsp3) is 0.696. The van der Waals surface area contributed by atoms with Gasteiger partial charge in [-0.05, 0) is 38.8 Å². The van der Waals surface area contributed by atoms with Gasteiger partial charge in [0.2, 0.25) is 0 Å². The Morgan fingerprint density at radius 1 is 1.10 bits per heavy atom. The number of halogens is 1. The van der Waals surface area contributed by atoms with E-state index in [0.29, 0.717) is 26.4 Å². The maximum absolute atomic E-state index is 5.68. The van der Waals surface area contributed by atoms with Crippen molar-refractivity contribution >= 4 is 29.9 Å². The highest BCUT2D eigenvalue weighted by Gasteiger charge is 2.28. The molecule has 0 bridgehead atoms. The lowest BCUT2D eigenvalue weighted by Crippen LogP contribution is -2.56. The van der Waals surface area contributed by atoms with Crippen LogP contribution in [0.2, 0.25) is 0 Å². The summed E-state index contributed by atoms with van der Waals surface area (Å²) in [6.07, 6.45) is 0. The minimum Gasteiger partial charge on any atom is -0.379 e. The Kier molecular flexibility index (Phi) is 14.3. The van der Waals surface area contributed by atoms with E-state index < -0.39 is 0 Å². The molecule has 0 aromatic heterocycles. The van der Waals surface area contributed by atoms with Gasteiger partial charge in [0.25, 0.3) is 0 Å². The third-order valence-electron chi connectivity index (χ3n) is 5.16. The highest BCUT2D eigenvalue weighted by Crippen LogP contribution is 2.15. The smallest absolute Gasteiger partial charge is 0.191 e. The largest absolute Gasteiger partial charge is 0.379 e. The summed E-state index contributed by atoms with van der Waals surface area (Å²) in [6, 6.07) is 8.41. The van der Waals surface area contributed by atoms with Crippen LogP contribution in [-0.2, 0) is 27.4 Å². The molecule has 1 aromatic rings. The van der Waals surface area contributed by atoms with E-state index in [-0.39, 0.29) is 29.5 Å². The van der Waals surface area contributed by atoms with Crippen molar-refractivity contribution in [2.45, 2.75) is 46.4 Å². The van der Waals surface area contributed by atoms with Crippen molar-refractivity contribution < 1.29 is 14.2 Å². The second-order valence-corrected chi connectivity index (χ2v) is 8.03. The minimum absolute atomic E-state index is 0. The molecule has 178 valence electrons. The van der Waals surface area contributed by atoms with Crippen molar-refractivity contribution in [3.8, 4) is 0 Å². The predicted octanol–water partition coefficient (Wildman–Crippen LogP) is 3.02. The minimum atomic E-state index is 0. The lowest BCUT2D eigenvalue weighted by atomic mass is 10.0. The Morgan fingerprint density at radius 2 is 1.81 bits per heavy atom. The number of nitrogens with zero attached hydrogens (tertiary/aromatic N) is 2. The number of ether oxygens (including phenoxy) is 3. The van der Waals surface area contributed by atoms with Crippen molar-refractivity contribution in [2.75, 3.05) is 59.2 Å². The molecule has 2 N–H and O–H groups in total. The molecule has 7 nitrogen and oxygen atoms in total. The van der Waals surface area contributed by atoms with Gasteiger partial charge in [0.15, 0.2) is 5.96 Å². The van der Waals surface area contributed by atoms with Crippen LogP contribution in [0.25, 0.3) is 0 Å². The number of hydrogen-bond donors (Lipinski definition) is 2. The van der Waals surface area contributed by atoms with Crippen LogP contribution < -0.4 is 10.6 Å². The van der Waals surface area contributed by atoms with Crippen LogP contribution in [0.3, 0.4) is 0 Å². The van der Waals surface area contributed by atoms with Crippen LogP contribution in [0.1, 0.15) is 38.8 Å². The summed E-state index contributed by atoms with van der Waals surface area (Å²) < 4.78 is 16.5. The Morgan fingerprint density at radius 3 is 2.52 bits per heavy atom. The molecule has 8 heteroatoms. The number of aliphatic imine (C=N–C) groups is 1. The van der Waals surface area contributed by atoms with Gasteiger partial charge in [-0.1, -0.05) is 24.3 Å². The van der Waals surface area contributed by atoms with Gasteiger partial charge in [-0.2, -0.15) is 0 Å². The number of hydrogen-bond acceptors (Lipinski definition) is 5. The summed E-state index contributed by atoms with van der Waals surface area (Å²) in [5.74, 6) is 0.845. The molecule has 0 spiro atoms. The van der Waals surface area contributed by atoms with Gasteiger partial charge in [0.05, 0.1) is 39.6 Å². The summed E-state index contributed by atoms with van der Waals surface area (Å²) in [4.78, 5) is 7.26. The first-order chi connectivity index (χ1) is 14.5. The Balaban J connectivity index is 0.00000480. The van der Waals surface area contributed by atoms with Crippen molar-refractivity contribution in [1.29, 1.82) is 0 Å². The molecule has 0 amide bonds. The molecular formula is C23H41IN4O3. The average molecular weight is 549 g/mol. The molecule has 1 heterocycles. The van der Waals surface area contributed by atoms with Crippen LogP contribution in [0, 0.1) is 0 Å². The quantitative estimate of drug-likeness (QED) is 0.181. The molecule has 1 saturated heterocycles. The molecule has 1 aromatic carbocycles. The molecule has 1 aliphatic rings. The first-order valence-electron chi connectivity index (χ1n) is 11.1. The van der Waals surface area contributed by atoms with Crippen LogP contribution in [0.5, 0.6) is 0 Å². The average Bonchev–Trinajstić information content (AvgIpc) is 2.76. The first kappa shape index (κ1) is 28.1. The first-order valence-corrected chi connectivity index (χ1v) is 11.1. The molecule has 2 rings (SSSR count). The lowest BCUT2D eigenvalue weighted by molar-refractivity contribution is -0.00834. The van der Waals surface area contributed by atoms with Crippen molar-refractivity contribution in [3.63, 3.8) is 0 Å². The van der Waals surface area contributed by atoms with E-state index in [4.69, 9.17) is 19.2 Å². The second kappa shape index (κ2) is 15.8. The van der Waals surface area contributed by atoms with Crippen LogP contribution >= 0.6 is 24.0 Å². The predicted molar refractivity (Wildman–Crippen MR) is 137 cm³/mol. The van der Waals surface area contributed by atoms with Gasteiger partial charge in [-0.15, -0.1) is 24.0 Å². The topological polar surface area (TPSA) is 67.4 Å². The van der Waals surface area contributed by atoms with E-state index in [1.165, 1.54) is 5.56 Å². The Labute approximate surface area is 205 Å². The van der Waals surface area contributed by atoms with Crippen molar-refractivity contribution in [3.05, 3.63) is 35.4 Å². The van der Waals surface area contributed by atoms with Crippen LogP contribution in [0.4, 0.5) is 0 Å². The van der Waals surface area contributed by atoms with Gasteiger partial charge in [0, 0.05) is 38.3 Å². The van der Waals surface area contributed by atoms with E-state index in [0.717, 1.165) is 57.5 Å². The zero-order valence-corrected chi connectivity index (χ0v) is 21.9. The summed E-state index contributed by atoms with van der Waals surface area (Å²) in [5, 5.41) is 6.87. The number of rotatable bonds is 12. The summed E-state index contributed by atoms with van der Waals surface area (Å²) >= 11 is 0. The zero-order chi connectivity index (χ0) is 21.7. The molecule has 0 saturated carbocycles. The molecule has 0 atom stereocenters. The van der Waals surface area contributed by atoms with Crippen molar-refractivity contribution in [1.82, 2.24) is 15.5 Å².